The molecule has 10 heteroatoms. The first kappa shape index (κ1) is 28.2. The van der Waals surface area contributed by atoms with Gasteiger partial charge in [-0.05, 0) is 0 Å². The van der Waals surface area contributed by atoms with Crippen LogP contribution in [0.1, 0.15) is 38.5 Å². The van der Waals surface area contributed by atoms with Crippen molar-refractivity contribution in [1.29, 1.82) is 0 Å². The molecule has 0 bridgehead atoms. The fourth-order valence-electron chi connectivity index (χ4n) is 1.35. The molecule has 1 N–H and O–H groups in total. The number of ketones is 3. The molecule has 0 aromatic carbocycles. The molecule has 0 saturated heterocycles. The summed E-state index contributed by atoms with van der Waals surface area (Å²) >= 11 is 0. The van der Waals surface area contributed by atoms with Gasteiger partial charge in [-0.25, -0.2) is 0 Å². The second-order valence-electron chi connectivity index (χ2n) is 4.51. The van der Waals surface area contributed by atoms with Crippen LogP contribution in [0.2, 0.25) is 0 Å². The van der Waals surface area contributed by atoms with Crippen molar-refractivity contribution in [2.24, 2.45) is 0 Å². The molecule has 25 heavy (non-hydrogen) atoms. The summed E-state index contributed by atoms with van der Waals surface area (Å²) in [5.74, 6) is -4.51. The monoisotopic (exact) mass is 433 g/mol. The van der Waals surface area contributed by atoms with Crippen molar-refractivity contribution in [1.82, 2.24) is 0 Å². The minimum atomic E-state index is -1.28. The van der Waals surface area contributed by atoms with Gasteiger partial charge >= 0.3 is 17.9 Å². The summed E-state index contributed by atoms with van der Waals surface area (Å²) in [4.78, 5) is 65.4. The summed E-state index contributed by atoms with van der Waals surface area (Å²) in [6, 6.07) is 0. The molecule has 1 radical (unpaired) electrons. The number of esters is 2. The molecule has 0 unspecified atom stereocenters. The van der Waals surface area contributed by atoms with E-state index in [2.05, 4.69) is 16.4 Å². The Morgan fingerprint density at radius 2 is 1.16 bits per heavy atom. The predicted molar refractivity (Wildman–Crippen MR) is 79.2 cm³/mol. The van der Waals surface area contributed by atoms with Crippen molar-refractivity contribution in [2.75, 3.05) is 6.79 Å². The van der Waals surface area contributed by atoms with Gasteiger partial charge in [-0.1, -0.05) is 0 Å². The first-order valence-electron chi connectivity index (χ1n) is 6.62. The zero-order valence-electron chi connectivity index (χ0n) is 13.9. The standard InChI is InChI=1S/C14H17O9.CH3.Y/c1-9(15)6-10(16)2-4-13(20)22-8-23-14(21)5-3-11(17)7-12(18)19;;/h1-8H2,(H,18,19);1H3;/q2*-1;. The van der Waals surface area contributed by atoms with Crippen LogP contribution >= 0.6 is 0 Å². The smallest absolute Gasteiger partial charge is 0.310 e. The van der Waals surface area contributed by atoms with Gasteiger partial charge in [0, 0.05) is 57.8 Å². The molecule has 0 aliphatic heterocycles. The van der Waals surface area contributed by atoms with E-state index >= 15 is 0 Å². The summed E-state index contributed by atoms with van der Waals surface area (Å²) in [6.07, 6.45) is -2.09. The topological polar surface area (TPSA) is 141 Å². The number of aliphatic carboxylic acids is 1. The minimum Gasteiger partial charge on any atom is -0.481 e. The molecular formula is C15H20O9Y-2. The average Bonchev–Trinajstić information content (AvgIpc) is 2.41. The Kier molecular flexibility index (Phi) is 17.9. The Labute approximate surface area is 170 Å². The Hall–Kier alpha value is -1.61. The minimum absolute atomic E-state index is 0. The van der Waals surface area contributed by atoms with Gasteiger partial charge < -0.3 is 33.7 Å². The SMILES string of the molecule is [CH2-]C(=O)CC(=O)CCC(=O)OCOC(=O)CCC(=O)CC(=O)O.[CH3-].[Y]. The number of carbonyl (C=O) groups excluding carboxylic acids is 5. The number of hydrogen-bond acceptors (Lipinski definition) is 8. The maximum Gasteiger partial charge on any atom is 0.310 e. The van der Waals surface area contributed by atoms with Crippen LogP contribution in [0.15, 0.2) is 0 Å². The molecule has 0 aliphatic carbocycles. The van der Waals surface area contributed by atoms with E-state index in [-0.39, 0.29) is 72.2 Å². The quantitative estimate of drug-likeness (QED) is 0.201. The number of hydrogen-bond donors (Lipinski definition) is 1. The number of carboxylic acid groups (broad SMARTS) is 1. The molecular weight excluding hydrogens is 413 g/mol. The third-order valence-corrected chi connectivity index (χ3v) is 2.40. The fraction of sp³-hybridized carbons (Fsp3) is 0.467. The van der Waals surface area contributed by atoms with Crippen molar-refractivity contribution in [3.05, 3.63) is 14.4 Å². The van der Waals surface area contributed by atoms with Gasteiger partial charge in [0.1, 0.15) is 18.0 Å². The van der Waals surface area contributed by atoms with E-state index in [1.165, 1.54) is 0 Å². The second-order valence-corrected chi connectivity index (χ2v) is 4.51. The molecule has 139 valence electrons. The molecule has 0 rings (SSSR count). The van der Waals surface area contributed by atoms with Crippen LogP contribution in [0.3, 0.4) is 0 Å². The van der Waals surface area contributed by atoms with Gasteiger partial charge in [-0.3, -0.25) is 24.0 Å². The first-order valence-corrected chi connectivity index (χ1v) is 6.62. The molecule has 0 amide bonds. The molecule has 0 aromatic heterocycles. The van der Waals surface area contributed by atoms with E-state index in [0.717, 1.165) is 0 Å². The Balaban J connectivity index is -0.00000242. The van der Waals surface area contributed by atoms with Crippen molar-refractivity contribution in [3.8, 4) is 0 Å². The third kappa shape index (κ3) is 18.6. The summed E-state index contributed by atoms with van der Waals surface area (Å²) in [5.41, 5.74) is 0. The van der Waals surface area contributed by atoms with E-state index in [4.69, 9.17) is 5.11 Å². The molecule has 0 atom stereocenters. The van der Waals surface area contributed by atoms with Crippen molar-refractivity contribution in [3.63, 3.8) is 0 Å². The van der Waals surface area contributed by atoms with Gasteiger partial charge in [0.15, 0.2) is 0 Å². The van der Waals surface area contributed by atoms with Crippen LogP contribution in [0.4, 0.5) is 0 Å². The van der Waals surface area contributed by atoms with Crippen LogP contribution in [-0.4, -0.2) is 47.2 Å². The van der Waals surface area contributed by atoms with Crippen LogP contribution in [0, 0.1) is 14.4 Å². The Morgan fingerprint density at radius 3 is 1.52 bits per heavy atom. The summed E-state index contributed by atoms with van der Waals surface area (Å²) in [5, 5.41) is 8.35. The first-order chi connectivity index (χ1) is 10.7. The van der Waals surface area contributed by atoms with E-state index < -0.39 is 48.5 Å². The van der Waals surface area contributed by atoms with Gasteiger partial charge in [-0.2, -0.15) is 0 Å². The van der Waals surface area contributed by atoms with Crippen LogP contribution in [0.5, 0.6) is 0 Å². The summed E-state index contributed by atoms with van der Waals surface area (Å²) in [7, 11) is 0. The summed E-state index contributed by atoms with van der Waals surface area (Å²) < 4.78 is 9.03. The largest absolute Gasteiger partial charge is 0.481 e. The number of carboxylic acids is 1. The Bertz CT molecular complexity index is 455. The van der Waals surface area contributed by atoms with E-state index in [1.54, 1.807) is 0 Å². The van der Waals surface area contributed by atoms with Gasteiger partial charge in [0.05, 0.1) is 12.8 Å². The van der Waals surface area contributed by atoms with Crippen molar-refractivity contribution < 1.29 is 76.1 Å². The van der Waals surface area contributed by atoms with Gasteiger partial charge in [0.25, 0.3) is 0 Å². The number of carbonyl (C=O) groups is 6. The van der Waals surface area contributed by atoms with Crippen molar-refractivity contribution >= 4 is 35.3 Å². The molecule has 0 saturated carbocycles. The molecule has 0 heterocycles. The van der Waals surface area contributed by atoms with E-state index in [0.29, 0.717) is 0 Å². The van der Waals surface area contributed by atoms with E-state index in [1.807, 2.05) is 0 Å². The predicted octanol–water partition coefficient (Wildman–Crippen LogP) is 0.445. The van der Waals surface area contributed by atoms with Crippen LogP contribution in [0.25, 0.3) is 0 Å². The van der Waals surface area contributed by atoms with Gasteiger partial charge in [-0.15, -0.1) is 0 Å². The number of ether oxygens (including phenoxy) is 2. The average molecular weight is 433 g/mol. The number of rotatable bonds is 12. The zero-order chi connectivity index (χ0) is 17.8. The second kappa shape index (κ2) is 15.9. The molecule has 0 fully saturated rings. The fourth-order valence-corrected chi connectivity index (χ4v) is 1.35. The zero-order valence-corrected chi connectivity index (χ0v) is 16.8. The summed E-state index contributed by atoms with van der Waals surface area (Å²) in [6.45, 7) is 2.36. The van der Waals surface area contributed by atoms with E-state index in [9.17, 15) is 28.8 Å². The van der Waals surface area contributed by atoms with Crippen LogP contribution in [-0.2, 0) is 71.0 Å². The molecule has 0 aliphatic rings. The molecule has 0 spiro atoms. The normalized spacial score (nSPS) is 8.96. The van der Waals surface area contributed by atoms with Crippen molar-refractivity contribution in [2.45, 2.75) is 38.5 Å². The Morgan fingerprint density at radius 1 is 0.760 bits per heavy atom. The van der Waals surface area contributed by atoms with Gasteiger partial charge in [0.2, 0.25) is 6.79 Å². The number of Topliss-reactive ketones (excluding diaryl/α,β-unsaturated/α-hetero) is 3. The third-order valence-electron chi connectivity index (χ3n) is 2.40. The maximum absolute atomic E-state index is 11.2. The molecule has 0 aromatic rings. The molecule has 9 nitrogen and oxygen atoms in total. The van der Waals surface area contributed by atoms with Crippen LogP contribution < -0.4 is 0 Å². The maximum atomic E-state index is 11.2.